The Labute approximate surface area is 151 Å². The topological polar surface area (TPSA) is 75.6 Å². The van der Waals surface area contributed by atoms with Gasteiger partial charge in [0.25, 0.3) is 5.91 Å². The van der Waals surface area contributed by atoms with Gasteiger partial charge in [-0.05, 0) is 37.6 Å². The van der Waals surface area contributed by atoms with E-state index in [-0.39, 0.29) is 11.3 Å². The number of allylic oxidation sites excluding steroid dienone is 2. The zero-order valence-electron chi connectivity index (χ0n) is 12.9. The first kappa shape index (κ1) is 19.4. The zero-order valence-corrected chi connectivity index (χ0v) is 16.1. The summed E-state index contributed by atoms with van der Waals surface area (Å²) in [7, 11) is 1.51. The molecular weight excluding hydrogens is 430 g/mol. The van der Waals surface area contributed by atoms with Crippen LogP contribution in [0.2, 0.25) is 0 Å². The molecule has 7 heteroatoms. The SMILES string of the molecule is CC/C(Br)=C(\C=C(/C)OC)C(=O)Nc1ccc(Br)cc1C(=O)O. The molecule has 0 aromatic heterocycles. The quantitative estimate of drug-likeness (QED) is 0.377. The number of hydrogen-bond acceptors (Lipinski definition) is 3. The lowest BCUT2D eigenvalue weighted by atomic mass is 10.1. The predicted molar refractivity (Wildman–Crippen MR) is 96.7 cm³/mol. The zero-order chi connectivity index (χ0) is 17.6. The highest BCUT2D eigenvalue weighted by Crippen LogP contribution is 2.24. The number of amides is 1. The number of rotatable bonds is 6. The van der Waals surface area contributed by atoms with Gasteiger partial charge in [-0.1, -0.05) is 38.8 Å². The van der Waals surface area contributed by atoms with Crippen LogP contribution in [0.25, 0.3) is 0 Å². The highest BCUT2D eigenvalue weighted by Gasteiger charge is 2.17. The fraction of sp³-hybridized carbons (Fsp3) is 0.250. The number of halogens is 2. The largest absolute Gasteiger partial charge is 0.501 e. The van der Waals surface area contributed by atoms with Gasteiger partial charge in [-0.2, -0.15) is 0 Å². The fourth-order valence-corrected chi connectivity index (χ4v) is 2.37. The second kappa shape index (κ2) is 8.88. The van der Waals surface area contributed by atoms with Gasteiger partial charge in [0.1, 0.15) is 0 Å². The first-order valence-corrected chi connectivity index (χ1v) is 8.33. The van der Waals surface area contributed by atoms with E-state index in [0.717, 1.165) is 0 Å². The summed E-state index contributed by atoms with van der Waals surface area (Å²) in [5.41, 5.74) is 0.612. The molecule has 0 unspecified atom stereocenters. The minimum Gasteiger partial charge on any atom is -0.501 e. The van der Waals surface area contributed by atoms with E-state index in [4.69, 9.17) is 4.74 Å². The van der Waals surface area contributed by atoms with Crippen molar-refractivity contribution in [2.75, 3.05) is 12.4 Å². The van der Waals surface area contributed by atoms with Crippen LogP contribution in [0.5, 0.6) is 0 Å². The molecule has 124 valence electrons. The number of aromatic carboxylic acids is 1. The molecule has 23 heavy (non-hydrogen) atoms. The van der Waals surface area contributed by atoms with Crippen molar-refractivity contribution in [2.45, 2.75) is 20.3 Å². The number of carbonyl (C=O) groups is 2. The molecule has 0 aliphatic heterocycles. The van der Waals surface area contributed by atoms with Gasteiger partial charge in [0.05, 0.1) is 29.7 Å². The van der Waals surface area contributed by atoms with Crippen LogP contribution in [0.3, 0.4) is 0 Å². The van der Waals surface area contributed by atoms with E-state index < -0.39 is 11.9 Å². The molecule has 0 aliphatic rings. The molecule has 0 bridgehead atoms. The lowest BCUT2D eigenvalue weighted by Gasteiger charge is -2.11. The van der Waals surface area contributed by atoms with Crippen molar-refractivity contribution in [1.82, 2.24) is 0 Å². The molecule has 0 saturated carbocycles. The normalized spacial score (nSPS) is 12.5. The Kier molecular flexibility index (Phi) is 7.51. The standard InChI is InChI=1S/C16H17Br2NO4/c1-4-13(18)11(7-9(2)23-3)15(20)19-14-6-5-10(17)8-12(14)16(21)22/h5-8H,4H2,1-3H3,(H,19,20)(H,21,22)/b9-7+,13-11-. The molecule has 2 N–H and O–H groups in total. The first-order valence-electron chi connectivity index (χ1n) is 6.75. The summed E-state index contributed by atoms with van der Waals surface area (Å²) in [6.45, 7) is 3.63. The fourth-order valence-electron chi connectivity index (χ4n) is 1.71. The number of ether oxygens (including phenoxy) is 1. The summed E-state index contributed by atoms with van der Waals surface area (Å²) in [5, 5.41) is 11.9. The number of anilines is 1. The Morgan fingerprint density at radius 2 is 2.04 bits per heavy atom. The van der Waals surface area contributed by atoms with Crippen LogP contribution in [0.1, 0.15) is 30.6 Å². The number of methoxy groups -OCH3 is 1. The van der Waals surface area contributed by atoms with Crippen molar-refractivity contribution in [3.8, 4) is 0 Å². The number of hydrogen-bond donors (Lipinski definition) is 2. The van der Waals surface area contributed by atoms with E-state index in [1.54, 1.807) is 19.1 Å². The molecule has 0 heterocycles. The summed E-state index contributed by atoms with van der Waals surface area (Å²) < 4.78 is 6.39. The summed E-state index contributed by atoms with van der Waals surface area (Å²) >= 11 is 6.59. The lowest BCUT2D eigenvalue weighted by Crippen LogP contribution is -2.17. The van der Waals surface area contributed by atoms with E-state index in [1.165, 1.54) is 19.2 Å². The number of nitrogens with one attached hydrogen (secondary N) is 1. The average Bonchev–Trinajstić information content (AvgIpc) is 2.52. The van der Waals surface area contributed by atoms with Gasteiger partial charge in [-0.3, -0.25) is 4.79 Å². The highest BCUT2D eigenvalue weighted by atomic mass is 79.9. The van der Waals surface area contributed by atoms with Crippen LogP contribution in [-0.2, 0) is 9.53 Å². The Morgan fingerprint density at radius 1 is 1.39 bits per heavy atom. The Morgan fingerprint density at radius 3 is 2.57 bits per heavy atom. The van der Waals surface area contributed by atoms with Crippen LogP contribution >= 0.6 is 31.9 Å². The van der Waals surface area contributed by atoms with Crippen LogP contribution < -0.4 is 5.32 Å². The summed E-state index contributed by atoms with van der Waals surface area (Å²) in [6.07, 6.45) is 2.21. The Bertz CT molecular complexity index is 681. The number of carboxylic acid groups (broad SMARTS) is 1. The van der Waals surface area contributed by atoms with Crippen molar-refractivity contribution >= 4 is 49.4 Å². The Hall–Kier alpha value is -1.60. The average molecular weight is 447 g/mol. The summed E-state index contributed by atoms with van der Waals surface area (Å²) in [6, 6.07) is 4.64. The minimum absolute atomic E-state index is 0.00661. The van der Waals surface area contributed by atoms with Crippen molar-refractivity contribution in [3.63, 3.8) is 0 Å². The predicted octanol–water partition coefficient (Wildman–Crippen LogP) is 4.70. The van der Waals surface area contributed by atoms with Crippen LogP contribution in [0.4, 0.5) is 5.69 Å². The summed E-state index contributed by atoms with van der Waals surface area (Å²) in [5.74, 6) is -0.972. The second-order valence-electron chi connectivity index (χ2n) is 4.58. The van der Waals surface area contributed by atoms with E-state index in [2.05, 4.69) is 37.2 Å². The van der Waals surface area contributed by atoms with Gasteiger partial charge < -0.3 is 15.2 Å². The van der Waals surface area contributed by atoms with Gasteiger partial charge in [0.15, 0.2) is 0 Å². The van der Waals surface area contributed by atoms with Crippen LogP contribution in [0, 0.1) is 0 Å². The molecule has 0 atom stereocenters. The second-order valence-corrected chi connectivity index (χ2v) is 6.45. The number of carbonyl (C=O) groups excluding carboxylic acids is 1. The third-order valence-corrected chi connectivity index (χ3v) is 4.46. The van der Waals surface area contributed by atoms with Crippen molar-refractivity contribution in [2.24, 2.45) is 0 Å². The van der Waals surface area contributed by atoms with Crippen LogP contribution in [0.15, 0.2) is 44.6 Å². The maximum atomic E-state index is 12.5. The van der Waals surface area contributed by atoms with Crippen molar-refractivity contribution in [3.05, 3.63) is 50.1 Å². The van der Waals surface area contributed by atoms with Gasteiger partial charge in [0, 0.05) is 8.96 Å². The molecule has 0 fully saturated rings. The molecule has 0 aliphatic carbocycles. The molecule has 1 aromatic carbocycles. The van der Waals surface area contributed by atoms with E-state index in [1.807, 2.05) is 6.92 Å². The number of benzene rings is 1. The van der Waals surface area contributed by atoms with E-state index in [9.17, 15) is 14.7 Å². The first-order chi connectivity index (χ1) is 10.8. The van der Waals surface area contributed by atoms with Gasteiger partial charge in [0.2, 0.25) is 0 Å². The molecule has 5 nitrogen and oxygen atoms in total. The van der Waals surface area contributed by atoms with Gasteiger partial charge in [-0.25, -0.2) is 4.79 Å². The smallest absolute Gasteiger partial charge is 0.337 e. The van der Waals surface area contributed by atoms with Crippen LogP contribution in [-0.4, -0.2) is 24.1 Å². The number of carboxylic acids is 1. The highest BCUT2D eigenvalue weighted by molar-refractivity contribution is 9.11. The maximum Gasteiger partial charge on any atom is 0.337 e. The molecule has 0 saturated heterocycles. The van der Waals surface area contributed by atoms with Gasteiger partial charge in [-0.15, -0.1) is 0 Å². The van der Waals surface area contributed by atoms with E-state index >= 15 is 0 Å². The summed E-state index contributed by atoms with van der Waals surface area (Å²) in [4.78, 5) is 23.8. The third-order valence-electron chi connectivity index (χ3n) is 2.98. The monoisotopic (exact) mass is 445 g/mol. The Balaban J connectivity index is 3.22. The molecule has 1 aromatic rings. The molecule has 0 spiro atoms. The van der Waals surface area contributed by atoms with Crippen molar-refractivity contribution < 1.29 is 19.4 Å². The minimum atomic E-state index is -1.12. The lowest BCUT2D eigenvalue weighted by molar-refractivity contribution is -0.112. The van der Waals surface area contributed by atoms with Gasteiger partial charge >= 0.3 is 5.97 Å². The molecule has 0 radical (unpaired) electrons. The van der Waals surface area contributed by atoms with Crippen molar-refractivity contribution in [1.29, 1.82) is 0 Å². The third kappa shape index (κ3) is 5.51. The molecular formula is C16H17Br2NO4. The molecule has 1 rings (SSSR count). The van der Waals surface area contributed by atoms with E-state index in [0.29, 0.717) is 26.7 Å². The molecule has 1 amide bonds. The maximum absolute atomic E-state index is 12.5.